The van der Waals surface area contributed by atoms with E-state index in [0.29, 0.717) is 41.9 Å². The fraction of sp³-hybridized carbons (Fsp3) is 0.500. The quantitative estimate of drug-likeness (QED) is 0.748. The number of rotatable bonds is 5. The zero-order chi connectivity index (χ0) is 18.0. The standard InChI is InChI=1S/C14H17BrN4O4S2/c1-9-17-12(23-18-9)8-16-14(20)10-4-6-19(7-5-10)25(21,22)13-3-2-11(15)24-13/h2-3,10H,4-8H2,1H3,(H,16,20). The molecule has 1 aliphatic heterocycles. The molecular weight excluding hydrogens is 432 g/mol. The molecule has 3 rings (SSSR count). The van der Waals surface area contributed by atoms with Crippen LogP contribution < -0.4 is 5.32 Å². The Hall–Kier alpha value is -1.30. The molecule has 2 aromatic rings. The van der Waals surface area contributed by atoms with Gasteiger partial charge in [0.2, 0.25) is 11.8 Å². The number of amides is 1. The zero-order valence-electron chi connectivity index (χ0n) is 13.4. The Kier molecular flexibility index (Phi) is 5.56. The van der Waals surface area contributed by atoms with Crippen molar-refractivity contribution in [2.45, 2.75) is 30.5 Å². The first-order valence-electron chi connectivity index (χ1n) is 7.68. The molecule has 0 spiro atoms. The Morgan fingerprint density at radius 2 is 2.16 bits per heavy atom. The first kappa shape index (κ1) is 18.5. The first-order valence-corrected chi connectivity index (χ1v) is 10.7. The van der Waals surface area contributed by atoms with Crippen LogP contribution in [-0.4, -0.2) is 41.9 Å². The van der Waals surface area contributed by atoms with E-state index < -0.39 is 10.0 Å². The summed E-state index contributed by atoms with van der Waals surface area (Å²) in [4.78, 5) is 16.3. The van der Waals surface area contributed by atoms with Crippen molar-refractivity contribution in [3.63, 3.8) is 0 Å². The second kappa shape index (κ2) is 7.52. The third-order valence-corrected chi connectivity index (χ3v) is 7.94. The van der Waals surface area contributed by atoms with Gasteiger partial charge in [-0.3, -0.25) is 4.79 Å². The predicted octanol–water partition coefficient (Wildman–Crippen LogP) is 1.92. The van der Waals surface area contributed by atoms with Crippen LogP contribution in [0.25, 0.3) is 0 Å². The summed E-state index contributed by atoms with van der Waals surface area (Å²) in [7, 11) is -3.49. The maximum atomic E-state index is 12.6. The Bertz CT molecular complexity index is 856. The maximum Gasteiger partial charge on any atom is 0.252 e. The zero-order valence-corrected chi connectivity index (χ0v) is 16.7. The minimum Gasteiger partial charge on any atom is -0.347 e. The van der Waals surface area contributed by atoms with E-state index in [2.05, 4.69) is 31.4 Å². The van der Waals surface area contributed by atoms with Crippen molar-refractivity contribution in [3.8, 4) is 0 Å². The normalized spacial score (nSPS) is 16.9. The number of aryl methyl sites for hydroxylation is 1. The van der Waals surface area contributed by atoms with Gasteiger partial charge >= 0.3 is 0 Å². The number of carbonyl (C=O) groups excluding carboxylic acids is 1. The highest BCUT2D eigenvalue weighted by molar-refractivity contribution is 9.11. The lowest BCUT2D eigenvalue weighted by molar-refractivity contribution is -0.126. The molecule has 3 heterocycles. The van der Waals surface area contributed by atoms with E-state index >= 15 is 0 Å². The van der Waals surface area contributed by atoms with Gasteiger partial charge in [0.15, 0.2) is 5.82 Å². The largest absolute Gasteiger partial charge is 0.347 e. The van der Waals surface area contributed by atoms with Gasteiger partial charge in [-0.15, -0.1) is 11.3 Å². The van der Waals surface area contributed by atoms with Gasteiger partial charge in [0, 0.05) is 19.0 Å². The molecule has 0 aliphatic carbocycles. The lowest BCUT2D eigenvalue weighted by Crippen LogP contribution is -2.42. The van der Waals surface area contributed by atoms with Crippen LogP contribution in [0, 0.1) is 12.8 Å². The van der Waals surface area contributed by atoms with E-state index in [4.69, 9.17) is 4.52 Å². The number of hydrogen-bond donors (Lipinski definition) is 1. The number of piperidine rings is 1. The molecule has 25 heavy (non-hydrogen) atoms. The van der Waals surface area contributed by atoms with E-state index in [-0.39, 0.29) is 18.4 Å². The lowest BCUT2D eigenvalue weighted by atomic mass is 9.97. The molecule has 0 aromatic carbocycles. The molecule has 1 N–H and O–H groups in total. The van der Waals surface area contributed by atoms with Gasteiger partial charge in [-0.2, -0.15) is 9.29 Å². The summed E-state index contributed by atoms with van der Waals surface area (Å²) < 4.78 is 32.6. The molecule has 11 heteroatoms. The maximum absolute atomic E-state index is 12.6. The SMILES string of the molecule is Cc1noc(CNC(=O)C2CCN(S(=O)(=O)c3ccc(Br)s3)CC2)n1. The van der Waals surface area contributed by atoms with Crippen molar-refractivity contribution in [1.82, 2.24) is 19.8 Å². The smallest absolute Gasteiger partial charge is 0.252 e. The Morgan fingerprint density at radius 3 is 2.72 bits per heavy atom. The third kappa shape index (κ3) is 4.27. The summed E-state index contributed by atoms with van der Waals surface area (Å²) in [5.41, 5.74) is 0. The summed E-state index contributed by atoms with van der Waals surface area (Å²) in [6.45, 7) is 2.55. The third-order valence-electron chi connectivity index (χ3n) is 3.95. The first-order chi connectivity index (χ1) is 11.9. The molecule has 1 aliphatic rings. The number of nitrogens with one attached hydrogen (secondary N) is 1. The molecule has 1 fully saturated rings. The molecule has 2 aromatic heterocycles. The summed E-state index contributed by atoms with van der Waals surface area (Å²) >= 11 is 4.47. The highest BCUT2D eigenvalue weighted by Gasteiger charge is 2.32. The number of hydrogen-bond acceptors (Lipinski definition) is 7. The fourth-order valence-corrected chi connectivity index (χ4v) is 6.27. The number of thiophene rings is 1. The van der Waals surface area contributed by atoms with Crippen LogP contribution in [0.3, 0.4) is 0 Å². The summed E-state index contributed by atoms with van der Waals surface area (Å²) in [5, 5.41) is 6.42. The molecule has 0 bridgehead atoms. The van der Waals surface area contributed by atoms with Gasteiger partial charge in [-0.1, -0.05) is 5.16 Å². The Morgan fingerprint density at radius 1 is 1.44 bits per heavy atom. The van der Waals surface area contributed by atoms with Crippen molar-refractivity contribution >= 4 is 43.2 Å². The molecule has 0 saturated carbocycles. The van der Waals surface area contributed by atoms with Crippen molar-refractivity contribution < 1.29 is 17.7 Å². The lowest BCUT2D eigenvalue weighted by Gasteiger charge is -2.30. The fourth-order valence-electron chi connectivity index (χ4n) is 2.64. The Labute approximate surface area is 157 Å². The van der Waals surface area contributed by atoms with Crippen LogP contribution in [0.4, 0.5) is 0 Å². The second-order valence-electron chi connectivity index (χ2n) is 5.69. The summed E-state index contributed by atoms with van der Waals surface area (Å²) in [6.07, 6.45) is 0.973. The van der Waals surface area contributed by atoms with Gasteiger partial charge in [0.05, 0.1) is 10.3 Å². The molecule has 0 unspecified atom stereocenters. The molecule has 1 amide bonds. The van der Waals surface area contributed by atoms with Crippen molar-refractivity contribution in [2.75, 3.05) is 13.1 Å². The van der Waals surface area contributed by atoms with Gasteiger partial charge in [-0.25, -0.2) is 8.42 Å². The number of aromatic nitrogens is 2. The van der Waals surface area contributed by atoms with Crippen molar-refractivity contribution in [2.24, 2.45) is 5.92 Å². The van der Waals surface area contributed by atoms with E-state index in [1.165, 1.54) is 15.6 Å². The molecule has 8 nitrogen and oxygen atoms in total. The topological polar surface area (TPSA) is 105 Å². The van der Waals surface area contributed by atoms with E-state index in [1.807, 2.05) is 0 Å². The van der Waals surface area contributed by atoms with Crippen LogP contribution in [0.15, 0.2) is 24.7 Å². The van der Waals surface area contributed by atoms with E-state index in [1.54, 1.807) is 19.1 Å². The van der Waals surface area contributed by atoms with Crippen molar-refractivity contribution in [1.29, 1.82) is 0 Å². The average Bonchev–Trinajstić information content (AvgIpc) is 3.21. The summed E-state index contributed by atoms with van der Waals surface area (Å²) in [6, 6.07) is 3.31. The van der Waals surface area contributed by atoms with E-state index in [0.717, 1.165) is 3.79 Å². The van der Waals surface area contributed by atoms with Crippen LogP contribution in [0.2, 0.25) is 0 Å². The number of halogens is 1. The van der Waals surface area contributed by atoms with E-state index in [9.17, 15) is 13.2 Å². The minimum absolute atomic E-state index is 0.119. The summed E-state index contributed by atoms with van der Waals surface area (Å²) in [5.74, 6) is 0.537. The molecule has 1 saturated heterocycles. The number of nitrogens with zero attached hydrogens (tertiary/aromatic N) is 3. The van der Waals surface area contributed by atoms with Gasteiger partial charge in [-0.05, 0) is 47.8 Å². The monoisotopic (exact) mass is 448 g/mol. The highest BCUT2D eigenvalue weighted by Crippen LogP contribution is 2.30. The van der Waals surface area contributed by atoms with Crippen LogP contribution in [0.1, 0.15) is 24.6 Å². The number of carbonyl (C=O) groups is 1. The van der Waals surface area contributed by atoms with Gasteiger partial charge in [0.1, 0.15) is 4.21 Å². The average molecular weight is 449 g/mol. The number of sulfonamides is 1. The molecular formula is C14H17BrN4O4S2. The highest BCUT2D eigenvalue weighted by atomic mass is 79.9. The van der Waals surface area contributed by atoms with Crippen LogP contribution in [-0.2, 0) is 21.4 Å². The Balaban J connectivity index is 1.53. The minimum atomic E-state index is -3.49. The van der Waals surface area contributed by atoms with Crippen LogP contribution >= 0.6 is 27.3 Å². The van der Waals surface area contributed by atoms with Gasteiger partial charge < -0.3 is 9.84 Å². The van der Waals surface area contributed by atoms with Gasteiger partial charge in [0.25, 0.3) is 10.0 Å². The predicted molar refractivity (Wildman–Crippen MR) is 94.4 cm³/mol. The second-order valence-corrected chi connectivity index (χ2v) is 10.3. The molecule has 0 radical (unpaired) electrons. The van der Waals surface area contributed by atoms with Crippen molar-refractivity contribution in [3.05, 3.63) is 27.6 Å². The molecule has 136 valence electrons. The molecule has 0 atom stereocenters. The van der Waals surface area contributed by atoms with Crippen LogP contribution in [0.5, 0.6) is 0 Å².